The number of halogens is 3. The summed E-state index contributed by atoms with van der Waals surface area (Å²) < 4.78 is 20.1. The van der Waals surface area contributed by atoms with Crippen LogP contribution in [-0.2, 0) is 7.05 Å². The topological polar surface area (TPSA) is 101 Å². The van der Waals surface area contributed by atoms with E-state index in [-0.39, 0.29) is 23.6 Å². The first-order chi connectivity index (χ1) is 18.2. The first-order valence-corrected chi connectivity index (χ1v) is 12.1. The number of benzene rings is 3. The normalized spacial score (nSPS) is 12.3. The smallest absolute Gasteiger partial charge is 0.449 e. The highest BCUT2D eigenvalue weighted by Crippen LogP contribution is 2.36. The molecule has 0 saturated heterocycles. The standard InChI is InChI=1S/C28H21Cl2FN2O5/c1-33-15-19(7-11-27(33)34)25(32-37)14-22(21-9-8-20(29)13-23(21)30)17-4-2-16(3-5-17)18-6-10-26(24(31)12-18)38-28(35)36/h2-13,15,22,37H,14H2,1H3,(H,35,36)/b32-25+/t22-/m0/s1. The Bertz CT molecular complexity index is 1590. The van der Waals surface area contributed by atoms with Crippen LogP contribution in [0.2, 0.25) is 10.0 Å². The summed E-state index contributed by atoms with van der Waals surface area (Å²) in [6.07, 6.45) is 0.231. The van der Waals surface area contributed by atoms with Crippen LogP contribution in [0.1, 0.15) is 29.0 Å². The van der Waals surface area contributed by atoms with Gasteiger partial charge in [-0.2, -0.15) is 0 Å². The van der Waals surface area contributed by atoms with E-state index in [2.05, 4.69) is 9.89 Å². The van der Waals surface area contributed by atoms with Crippen LogP contribution in [0.3, 0.4) is 0 Å². The van der Waals surface area contributed by atoms with Crippen LogP contribution in [0, 0.1) is 5.82 Å². The number of carboxylic acid groups (broad SMARTS) is 1. The van der Waals surface area contributed by atoms with Gasteiger partial charge in [0.15, 0.2) is 11.6 Å². The predicted molar refractivity (Wildman–Crippen MR) is 143 cm³/mol. The summed E-state index contributed by atoms with van der Waals surface area (Å²) in [6, 6.07) is 19.4. The largest absolute Gasteiger partial charge is 0.511 e. The molecule has 4 rings (SSSR count). The average molecular weight is 555 g/mol. The van der Waals surface area contributed by atoms with Crippen molar-refractivity contribution >= 4 is 35.1 Å². The molecule has 0 aliphatic carbocycles. The van der Waals surface area contributed by atoms with Crippen LogP contribution < -0.4 is 10.3 Å². The zero-order chi connectivity index (χ0) is 27.4. The number of pyridine rings is 1. The van der Waals surface area contributed by atoms with Crippen LogP contribution in [0.4, 0.5) is 9.18 Å². The fourth-order valence-corrected chi connectivity index (χ4v) is 4.67. The van der Waals surface area contributed by atoms with E-state index < -0.39 is 12.0 Å². The number of aryl methyl sites for hydroxylation is 1. The molecule has 7 nitrogen and oxygen atoms in total. The van der Waals surface area contributed by atoms with E-state index in [4.69, 9.17) is 28.3 Å². The molecule has 194 valence electrons. The van der Waals surface area contributed by atoms with Gasteiger partial charge in [-0.05, 0) is 52.6 Å². The molecule has 38 heavy (non-hydrogen) atoms. The first-order valence-electron chi connectivity index (χ1n) is 11.3. The third-order valence-corrected chi connectivity index (χ3v) is 6.61. The number of ether oxygens (including phenoxy) is 1. The van der Waals surface area contributed by atoms with Crippen molar-refractivity contribution in [2.45, 2.75) is 12.3 Å². The monoisotopic (exact) mass is 554 g/mol. The molecule has 1 atom stereocenters. The Hall–Kier alpha value is -4.14. The second kappa shape index (κ2) is 11.5. The van der Waals surface area contributed by atoms with E-state index in [1.807, 2.05) is 12.1 Å². The lowest BCUT2D eigenvalue weighted by Crippen LogP contribution is -2.18. The molecule has 0 bridgehead atoms. The Labute approximate surface area is 227 Å². The minimum Gasteiger partial charge on any atom is -0.449 e. The van der Waals surface area contributed by atoms with Crippen molar-refractivity contribution in [1.29, 1.82) is 0 Å². The molecule has 0 spiro atoms. The van der Waals surface area contributed by atoms with Gasteiger partial charge in [-0.1, -0.05) is 64.8 Å². The minimum absolute atomic E-state index is 0.196. The molecule has 0 amide bonds. The van der Waals surface area contributed by atoms with Crippen molar-refractivity contribution < 1.29 is 24.2 Å². The van der Waals surface area contributed by atoms with Crippen LogP contribution in [-0.4, -0.2) is 26.7 Å². The lowest BCUT2D eigenvalue weighted by molar-refractivity contribution is 0.142. The maximum Gasteiger partial charge on any atom is 0.511 e. The first kappa shape index (κ1) is 26.9. The van der Waals surface area contributed by atoms with Gasteiger partial charge < -0.3 is 19.6 Å². The van der Waals surface area contributed by atoms with Crippen LogP contribution in [0.5, 0.6) is 5.75 Å². The summed E-state index contributed by atoms with van der Waals surface area (Å²) >= 11 is 12.7. The molecule has 0 fully saturated rings. The van der Waals surface area contributed by atoms with E-state index in [0.717, 1.165) is 11.1 Å². The molecular formula is C28H21Cl2FN2O5. The van der Waals surface area contributed by atoms with Crippen LogP contribution in [0.25, 0.3) is 11.1 Å². The number of oxime groups is 1. The molecule has 10 heteroatoms. The molecule has 0 saturated carbocycles. The second-order valence-electron chi connectivity index (χ2n) is 8.47. The van der Waals surface area contributed by atoms with Crippen molar-refractivity contribution in [1.82, 2.24) is 4.57 Å². The molecule has 1 aromatic heterocycles. The minimum atomic E-state index is -1.60. The van der Waals surface area contributed by atoms with Gasteiger partial charge >= 0.3 is 6.16 Å². The van der Waals surface area contributed by atoms with E-state index in [0.29, 0.717) is 32.4 Å². The van der Waals surface area contributed by atoms with Crippen LogP contribution >= 0.6 is 23.2 Å². The number of nitrogens with zero attached hydrogens (tertiary/aromatic N) is 2. The Balaban J connectivity index is 1.71. The molecule has 0 aliphatic heterocycles. The summed E-state index contributed by atoms with van der Waals surface area (Å²) in [5.74, 6) is -1.55. The predicted octanol–water partition coefficient (Wildman–Crippen LogP) is 6.96. The molecule has 1 heterocycles. The maximum absolute atomic E-state index is 14.3. The van der Waals surface area contributed by atoms with Gasteiger partial charge in [0.05, 0.1) is 5.71 Å². The van der Waals surface area contributed by atoms with E-state index in [1.165, 1.54) is 22.8 Å². The van der Waals surface area contributed by atoms with E-state index in [1.54, 1.807) is 55.7 Å². The van der Waals surface area contributed by atoms with Crippen molar-refractivity contribution in [2.75, 3.05) is 0 Å². The molecule has 0 aliphatic rings. The van der Waals surface area contributed by atoms with Crippen molar-refractivity contribution in [3.8, 4) is 16.9 Å². The van der Waals surface area contributed by atoms with E-state index in [9.17, 15) is 19.2 Å². The zero-order valence-electron chi connectivity index (χ0n) is 19.9. The third kappa shape index (κ3) is 6.04. The zero-order valence-corrected chi connectivity index (χ0v) is 21.4. The Kier molecular flexibility index (Phi) is 8.14. The summed E-state index contributed by atoms with van der Waals surface area (Å²) in [7, 11) is 1.61. The Morgan fingerprint density at radius 2 is 1.74 bits per heavy atom. The van der Waals surface area contributed by atoms with Crippen molar-refractivity contribution in [3.05, 3.63) is 122 Å². The number of hydrogen-bond acceptors (Lipinski definition) is 5. The Morgan fingerprint density at radius 1 is 1.03 bits per heavy atom. The van der Waals surface area contributed by atoms with Gasteiger partial charge in [-0.25, -0.2) is 9.18 Å². The maximum atomic E-state index is 14.3. The molecule has 0 unspecified atom stereocenters. The number of aromatic nitrogens is 1. The van der Waals surface area contributed by atoms with Gasteiger partial charge in [0.2, 0.25) is 5.56 Å². The third-order valence-electron chi connectivity index (χ3n) is 6.05. The molecule has 4 aromatic rings. The fraction of sp³-hybridized carbons (Fsp3) is 0.107. The van der Waals surface area contributed by atoms with E-state index >= 15 is 0 Å². The summed E-state index contributed by atoms with van der Waals surface area (Å²) in [6.45, 7) is 0. The van der Waals surface area contributed by atoms with Crippen LogP contribution in [0.15, 0.2) is 88.9 Å². The Morgan fingerprint density at radius 3 is 2.34 bits per heavy atom. The van der Waals surface area contributed by atoms with Gasteiger partial charge in [0, 0.05) is 47.3 Å². The van der Waals surface area contributed by atoms with Crippen molar-refractivity contribution in [2.24, 2.45) is 12.2 Å². The molecular weight excluding hydrogens is 534 g/mol. The quantitative estimate of drug-likeness (QED) is 0.0845. The summed E-state index contributed by atoms with van der Waals surface area (Å²) in [5.41, 5.74) is 3.50. The number of rotatable bonds is 7. The molecule has 0 radical (unpaired) electrons. The fourth-order valence-electron chi connectivity index (χ4n) is 4.13. The number of carbonyl (C=O) groups is 1. The average Bonchev–Trinajstić information content (AvgIpc) is 2.88. The highest BCUT2D eigenvalue weighted by molar-refractivity contribution is 6.35. The van der Waals surface area contributed by atoms with Gasteiger partial charge in [0.1, 0.15) is 0 Å². The van der Waals surface area contributed by atoms with Gasteiger partial charge in [-0.3, -0.25) is 4.79 Å². The SMILES string of the molecule is Cn1cc(/C(C[C@@H](c2ccc(-c3ccc(OC(=O)O)c(F)c3)cc2)c2ccc(Cl)cc2Cl)=N/O)ccc1=O. The summed E-state index contributed by atoms with van der Waals surface area (Å²) in [4.78, 5) is 22.5. The van der Waals surface area contributed by atoms with Gasteiger partial charge in [-0.15, -0.1) is 0 Å². The highest BCUT2D eigenvalue weighted by atomic mass is 35.5. The van der Waals surface area contributed by atoms with Crippen molar-refractivity contribution in [3.63, 3.8) is 0 Å². The highest BCUT2D eigenvalue weighted by Gasteiger charge is 2.22. The van der Waals surface area contributed by atoms with Gasteiger partial charge in [0.25, 0.3) is 0 Å². The molecule has 3 aromatic carbocycles. The molecule has 2 N–H and O–H groups in total. The lowest BCUT2D eigenvalue weighted by Gasteiger charge is -2.21. The number of hydrogen-bond donors (Lipinski definition) is 2. The summed E-state index contributed by atoms with van der Waals surface area (Å²) in [5, 5.41) is 23.0. The lowest BCUT2D eigenvalue weighted by atomic mass is 9.85. The second-order valence-corrected chi connectivity index (χ2v) is 9.31.